The van der Waals surface area contributed by atoms with Crippen LogP contribution in [0.3, 0.4) is 0 Å². The van der Waals surface area contributed by atoms with E-state index in [4.69, 9.17) is 4.74 Å². The van der Waals surface area contributed by atoms with Gasteiger partial charge in [0.25, 0.3) is 0 Å². The molecule has 0 bridgehead atoms. The van der Waals surface area contributed by atoms with Crippen LogP contribution in [-0.2, 0) is 11.3 Å². The van der Waals surface area contributed by atoms with Crippen molar-refractivity contribution in [3.8, 4) is 0 Å². The predicted octanol–water partition coefficient (Wildman–Crippen LogP) is 2.21. The van der Waals surface area contributed by atoms with Gasteiger partial charge in [-0.25, -0.2) is 0 Å². The summed E-state index contributed by atoms with van der Waals surface area (Å²) in [5, 5.41) is 6.51. The monoisotopic (exact) mass is 319 g/mol. The Balaban J connectivity index is 2.37. The van der Waals surface area contributed by atoms with E-state index in [9.17, 15) is 0 Å². The highest BCUT2D eigenvalue weighted by Crippen LogP contribution is 2.21. The van der Waals surface area contributed by atoms with Gasteiger partial charge in [-0.3, -0.25) is 4.99 Å². The van der Waals surface area contributed by atoms with Crippen LogP contribution in [0.2, 0.25) is 0 Å². The van der Waals surface area contributed by atoms with Crippen molar-refractivity contribution in [2.45, 2.75) is 19.5 Å². The quantitative estimate of drug-likeness (QED) is 0.646. The van der Waals surface area contributed by atoms with E-state index in [1.807, 2.05) is 6.07 Å². The average molecular weight is 320 g/mol. The summed E-state index contributed by atoms with van der Waals surface area (Å²) >= 11 is 5.16. The van der Waals surface area contributed by atoms with Crippen molar-refractivity contribution in [3.05, 3.63) is 20.8 Å². The Hall–Kier alpha value is -0.590. The van der Waals surface area contributed by atoms with Crippen LogP contribution in [-0.4, -0.2) is 32.8 Å². The molecule has 0 amide bonds. The van der Waals surface area contributed by atoms with Crippen LogP contribution in [0.25, 0.3) is 0 Å². The molecular formula is C11H18BrN3OS. The summed E-state index contributed by atoms with van der Waals surface area (Å²) in [5.74, 6) is 0.791. The number of aliphatic imine (C=N–C) groups is 1. The van der Waals surface area contributed by atoms with Crippen LogP contribution >= 0.6 is 27.3 Å². The molecular weight excluding hydrogens is 302 g/mol. The molecule has 0 saturated carbocycles. The third kappa shape index (κ3) is 5.52. The molecule has 1 heterocycles. The molecule has 0 aliphatic rings. The standard InChI is InChI=1S/C11H18BrN3OS/c1-8(7-16-3)15-11(13-2)14-6-9-4-5-10(12)17-9/h4-5,8H,6-7H2,1-3H3,(H2,13,14,15). The van der Waals surface area contributed by atoms with E-state index in [2.05, 4.69) is 44.5 Å². The molecule has 0 saturated heterocycles. The minimum atomic E-state index is 0.237. The lowest BCUT2D eigenvalue weighted by molar-refractivity contribution is 0.179. The second kappa shape index (κ2) is 7.68. The van der Waals surface area contributed by atoms with Gasteiger partial charge in [0.2, 0.25) is 0 Å². The van der Waals surface area contributed by atoms with Crippen LogP contribution < -0.4 is 10.6 Å². The highest BCUT2D eigenvalue weighted by atomic mass is 79.9. The van der Waals surface area contributed by atoms with Crippen LogP contribution in [0, 0.1) is 0 Å². The number of nitrogens with zero attached hydrogens (tertiary/aromatic N) is 1. The number of hydrogen-bond acceptors (Lipinski definition) is 3. The largest absolute Gasteiger partial charge is 0.383 e. The highest BCUT2D eigenvalue weighted by Gasteiger charge is 2.05. The first-order chi connectivity index (χ1) is 8.15. The minimum Gasteiger partial charge on any atom is -0.383 e. The van der Waals surface area contributed by atoms with Gasteiger partial charge < -0.3 is 15.4 Å². The van der Waals surface area contributed by atoms with Gasteiger partial charge in [0, 0.05) is 25.1 Å². The number of nitrogens with one attached hydrogen (secondary N) is 2. The highest BCUT2D eigenvalue weighted by molar-refractivity contribution is 9.11. The van der Waals surface area contributed by atoms with Crippen molar-refractivity contribution in [1.82, 2.24) is 10.6 Å². The van der Waals surface area contributed by atoms with E-state index >= 15 is 0 Å². The van der Waals surface area contributed by atoms with Crippen molar-refractivity contribution >= 4 is 33.2 Å². The Morgan fingerprint density at radius 3 is 2.88 bits per heavy atom. The molecule has 1 aromatic heterocycles. The first-order valence-corrected chi connectivity index (χ1v) is 6.97. The van der Waals surface area contributed by atoms with Crippen molar-refractivity contribution in [1.29, 1.82) is 0 Å². The Morgan fingerprint density at radius 2 is 2.35 bits per heavy atom. The maximum absolute atomic E-state index is 5.07. The molecule has 17 heavy (non-hydrogen) atoms. The SMILES string of the molecule is CN=C(NCc1ccc(Br)s1)NC(C)COC. The van der Waals surface area contributed by atoms with Gasteiger partial charge in [0.1, 0.15) is 0 Å². The fourth-order valence-corrected chi connectivity index (χ4v) is 2.76. The van der Waals surface area contributed by atoms with Crippen LogP contribution in [0.4, 0.5) is 0 Å². The van der Waals surface area contributed by atoms with Crippen LogP contribution in [0.15, 0.2) is 20.9 Å². The predicted molar refractivity (Wildman–Crippen MR) is 76.7 cm³/mol. The Kier molecular flexibility index (Phi) is 6.54. The zero-order valence-corrected chi connectivity index (χ0v) is 12.7. The topological polar surface area (TPSA) is 45.7 Å². The molecule has 0 aliphatic carbocycles. The van der Waals surface area contributed by atoms with E-state index in [0.717, 1.165) is 16.3 Å². The first-order valence-electron chi connectivity index (χ1n) is 5.36. The summed E-state index contributed by atoms with van der Waals surface area (Å²) in [7, 11) is 3.46. The van der Waals surface area contributed by atoms with Gasteiger partial charge in [0.15, 0.2) is 5.96 Å². The van der Waals surface area contributed by atoms with Gasteiger partial charge in [0.05, 0.1) is 16.9 Å². The minimum absolute atomic E-state index is 0.237. The van der Waals surface area contributed by atoms with Gasteiger partial charge in [-0.1, -0.05) is 0 Å². The van der Waals surface area contributed by atoms with Crippen molar-refractivity contribution in [3.63, 3.8) is 0 Å². The summed E-state index contributed by atoms with van der Waals surface area (Å²) in [5.41, 5.74) is 0. The summed E-state index contributed by atoms with van der Waals surface area (Å²) in [6, 6.07) is 4.38. The number of hydrogen-bond donors (Lipinski definition) is 2. The molecule has 4 nitrogen and oxygen atoms in total. The smallest absolute Gasteiger partial charge is 0.191 e. The number of halogens is 1. The molecule has 0 aliphatic heterocycles. The number of rotatable bonds is 5. The molecule has 1 unspecified atom stereocenters. The van der Waals surface area contributed by atoms with Gasteiger partial charge in [-0.15, -0.1) is 11.3 Å². The van der Waals surface area contributed by atoms with E-state index < -0.39 is 0 Å². The van der Waals surface area contributed by atoms with Gasteiger partial charge in [-0.05, 0) is 35.0 Å². The Labute approximate surface area is 115 Å². The second-order valence-electron chi connectivity index (χ2n) is 3.63. The second-order valence-corrected chi connectivity index (χ2v) is 6.18. The maximum Gasteiger partial charge on any atom is 0.191 e. The van der Waals surface area contributed by atoms with Crippen LogP contribution in [0.1, 0.15) is 11.8 Å². The third-order valence-electron chi connectivity index (χ3n) is 2.08. The summed E-state index contributed by atoms with van der Waals surface area (Å²) < 4.78 is 6.21. The Bertz CT molecular complexity index is 367. The normalized spacial score (nSPS) is 13.5. The number of methoxy groups -OCH3 is 1. The van der Waals surface area contributed by atoms with Gasteiger partial charge in [-0.2, -0.15) is 0 Å². The molecule has 1 rings (SSSR count). The molecule has 1 aromatic rings. The Morgan fingerprint density at radius 1 is 1.59 bits per heavy atom. The summed E-state index contributed by atoms with van der Waals surface area (Å²) in [4.78, 5) is 5.43. The molecule has 0 aromatic carbocycles. The van der Waals surface area contributed by atoms with E-state index in [1.54, 1.807) is 25.5 Å². The number of guanidine groups is 1. The molecule has 1 atom stereocenters. The zero-order valence-electron chi connectivity index (χ0n) is 10.3. The molecule has 0 spiro atoms. The molecule has 6 heteroatoms. The lowest BCUT2D eigenvalue weighted by Gasteiger charge is -2.16. The average Bonchev–Trinajstić information content (AvgIpc) is 2.70. The van der Waals surface area contributed by atoms with Crippen molar-refractivity contribution in [2.24, 2.45) is 4.99 Å². The van der Waals surface area contributed by atoms with E-state index in [-0.39, 0.29) is 6.04 Å². The molecule has 2 N–H and O–H groups in total. The van der Waals surface area contributed by atoms with Crippen molar-refractivity contribution in [2.75, 3.05) is 20.8 Å². The lowest BCUT2D eigenvalue weighted by atomic mass is 10.4. The van der Waals surface area contributed by atoms with Crippen LogP contribution in [0.5, 0.6) is 0 Å². The maximum atomic E-state index is 5.07. The number of thiophene rings is 1. The number of ether oxygens (including phenoxy) is 1. The van der Waals surface area contributed by atoms with E-state index in [1.165, 1.54) is 4.88 Å². The first kappa shape index (κ1) is 14.5. The molecule has 0 radical (unpaired) electrons. The molecule has 0 fully saturated rings. The third-order valence-corrected chi connectivity index (χ3v) is 3.71. The molecule has 96 valence electrons. The fourth-order valence-electron chi connectivity index (χ4n) is 1.34. The fraction of sp³-hybridized carbons (Fsp3) is 0.545. The van der Waals surface area contributed by atoms with E-state index in [0.29, 0.717) is 6.61 Å². The summed E-state index contributed by atoms with van der Waals surface area (Å²) in [6.45, 7) is 3.49. The summed E-state index contributed by atoms with van der Waals surface area (Å²) in [6.07, 6.45) is 0. The lowest BCUT2D eigenvalue weighted by Crippen LogP contribution is -2.43. The van der Waals surface area contributed by atoms with Crippen molar-refractivity contribution < 1.29 is 4.74 Å². The van der Waals surface area contributed by atoms with Gasteiger partial charge >= 0.3 is 0 Å². The zero-order chi connectivity index (χ0) is 12.7.